The van der Waals surface area contributed by atoms with E-state index >= 15 is 0 Å². The third-order valence-electron chi connectivity index (χ3n) is 2.88. The van der Waals surface area contributed by atoms with E-state index in [-0.39, 0.29) is 17.9 Å². The van der Waals surface area contributed by atoms with Gasteiger partial charge in [0.15, 0.2) is 0 Å². The van der Waals surface area contributed by atoms with E-state index in [9.17, 15) is 4.79 Å². The molecule has 18 heavy (non-hydrogen) atoms. The molecule has 0 aliphatic heterocycles. The van der Waals surface area contributed by atoms with Gasteiger partial charge in [-0.15, -0.1) is 0 Å². The fourth-order valence-corrected chi connectivity index (χ4v) is 1.77. The molecule has 2 atom stereocenters. The first kappa shape index (κ1) is 15.0. The van der Waals surface area contributed by atoms with Gasteiger partial charge in [-0.2, -0.15) is 0 Å². The van der Waals surface area contributed by atoms with E-state index in [2.05, 4.69) is 10.6 Å². The summed E-state index contributed by atoms with van der Waals surface area (Å²) in [7, 11) is 0. The molecule has 0 aliphatic rings. The summed E-state index contributed by atoms with van der Waals surface area (Å²) in [4.78, 5) is 11.9. The molecular formula is C14H21ClN2O. The van der Waals surface area contributed by atoms with Crippen LogP contribution in [0.1, 0.15) is 32.4 Å². The first-order valence-electron chi connectivity index (χ1n) is 6.31. The summed E-state index contributed by atoms with van der Waals surface area (Å²) >= 11 is 5.83. The first-order chi connectivity index (χ1) is 8.54. The Morgan fingerprint density at radius 1 is 1.28 bits per heavy atom. The standard InChI is InChI=1S/C14H21ClN2O/c1-4-16-9-10(2)14(18)17-11(3)12-5-7-13(15)8-6-12/h5-8,10-11,16H,4,9H2,1-3H3,(H,17,18). The normalized spacial score (nSPS) is 14.0. The van der Waals surface area contributed by atoms with E-state index in [4.69, 9.17) is 11.6 Å². The molecule has 0 spiro atoms. The van der Waals surface area contributed by atoms with E-state index in [0.29, 0.717) is 11.6 Å². The van der Waals surface area contributed by atoms with Gasteiger partial charge in [0.25, 0.3) is 0 Å². The molecule has 0 saturated carbocycles. The Morgan fingerprint density at radius 2 is 1.89 bits per heavy atom. The van der Waals surface area contributed by atoms with Crippen LogP contribution in [0.2, 0.25) is 5.02 Å². The summed E-state index contributed by atoms with van der Waals surface area (Å²) in [5.74, 6) is 0.0399. The summed E-state index contributed by atoms with van der Waals surface area (Å²) in [5.41, 5.74) is 1.06. The van der Waals surface area contributed by atoms with Gasteiger partial charge in [-0.1, -0.05) is 37.6 Å². The van der Waals surface area contributed by atoms with Gasteiger partial charge >= 0.3 is 0 Å². The average Bonchev–Trinajstić information content (AvgIpc) is 2.36. The number of benzene rings is 1. The van der Waals surface area contributed by atoms with Crippen LogP contribution in [0.3, 0.4) is 0 Å². The van der Waals surface area contributed by atoms with Crippen molar-refractivity contribution < 1.29 is 4.79 Å². The third kappa shape index (κ3) is 4.67. The zero-order valence-corrected chi connectivity index (χ0v) is 11.9. The number of nitrogens with one attached hydrogen (secondary N) is 2. The van der Waals surface area contributed by atoms with E-state index in [1.165, 1.54) is 0 Å². The minimum absolute atomic E-state index is 0.00107. The largest absolute Gasteiger partial charge is 0.349 e. The molecular weight excluding hydrogens is 248 g/mol. The van der Waals surface area contributed by atoms with Crippen LogP contribution < -0.4 is 10.6 Å². The fraction of sp³-hybridized carbons (Fsp3) is 0.500. The quantitative estimate of drug-likeness (QED) is 0.833. The van der Waals surface area contributed by atoms with E-state index < -0.39 is 0 Å². The van der Waals surface area contributed by atoms with E-state index in [1.807, 2.05) is 45.0 Å². The highest BCUT2D eigenvalue weighted by Crippen LogP contribution is 2.16. The van der Waals surface area contributed by atoms with Crippen LogP contribution in [0, 0.1) is 5.92 Å². The Labute approximate surface area is 114 Å². The Kier molecular flexibility index (Phi) is 6.16. The molecule has 0 aliphatic carbocycles. The maximum absolute atomic E-state index is 11.9. The fourth-order valence-electron chi connectivity index (χ4n) is 1.64. The molecule has 1 aromatic rings. The summed E-state index contributed by atoms with van der Waals surface area (Å²) in [6.07, 6.45) is 0. The molecule has 1 amide bonds. The molecule has 0 heterocycles. The van der Waals surface area contributed by atoms with Gasteiger partial charge in [0.05, 0.1) is 6.04 Å². The van der Waals surface area contributed by atoms with Crippen molar-refractivity contribution in [3.05, 3.63) is 34.9 Å². The molecule has 1 rings (SSSR count). The summed E-state index contributed by atoms with van der Waals surface area (Å²) < 4.78 is 0. The van der Waals surface area contributed by atoms with Gasteiger partial charge in [-0.05, 0) is 31.2 Å². The van der Waals surface area contributed by atoms with Crippen LogP contribution in [-0.4, -0.2) is 19.0 Å². The van der Waals surface area contributed by atoms with Crippen molar-refractivity contribution in [1.29, 1.82) is 0 Å². The third-order valence-corrected chi connectivity index (χ3v) is 3.13. The number of halogens is 1. The molecule has 0 fully saturated rings. The maximum Gasteiger partial charge on any atom is 0.224 e. The molecule has 0 radical (unpaired) electrons. The van der Waals surface area contributed by atoms with Crippen LogP contribution in [-0.2, 0) is 4.79 Å². The monoisotopic (exact) mass is 268 g/mol. The lowest BCUT2D eigenvalue weighted by molar-refractivity contribution is -0.125. The van der Waals surface area contributed by atoms with Crippen LogP contribution in [0.5, 0.6) is 0 Å². The van der Waals surface area contributed by atoms with Gasteiger partial charge in [-0.3, -0.25) is 4.79 Å². The second-order valence-corrected chi connectivity index (χ2v) is 4.93. The highest BCUT2D eigenvalue weighted by Gasteiger charge is 2.15. The predicted octanol–water partition coefficient (Wildman–Crippen LogP) is 2.76. The van der Waals surface area contributed by atoms with E-state index in [1.54, 1.807) is 0 Å². The van der Waals surface area contributed by atoms with Crippen molar-refractivity contribution >= 4 is 17.5 Å². The number of hydrogen-bond acceptors (Lipinski definition) is 2. The number of amides is 1. The molecule has 100 valence electrons. The summed E-state index contributed by atoms with van der Waals surface area (Å²) in [5, 5.41) is 6.88. The van der Waals surface area contributed by atoms with Gasteiger partial charge in [0, 0.05) is 17.5 Å². The van der Waals surface area contributed by atoms with Crippen LogP contribution >= 0.6 is 11.6 Å². The molecule has 3 nitrogen and oxygen atoms in total. The van der Waals surface area contributed by atoms with Gasteiger partial charge < -0.3 is 10.6 Å². The van der Waals surface area contributed by atoms with Crippen LogP contribution in [0.15, 0.2) is 24.3 Å². The minimum atomic E-state index is -0.0281. The molecule has 0 aromatic heterocycles. The highest BCUT2D eigenvalue weighted by atomic mass is 35.5. The topological polar surface area (TPSA) is 41.1 Å². The Balaban J connectivity index is 2.51. The van der Waals surface area contributed by atoms with E-state index in [0.717, 1.165) is 12.1 Å². The Bertz CT molecular complexity index is 378. The Morgan fingerprint density at radius 3 is 2.44 bits per heavy atom. The molecule has 4 heteroatoms. The molecule has 1 aromatic carbocycles. The highest BCUT2D eigenvalue weighted by molar-refractivity contribution is 6.30. The van der Waals surface area contributed by atoms with Crippen molar-refractivity contribution in [2.45, 2.75) is 26.8 Å². The molecule has 0 bridgehead atoms. The maximum atomic E-state index is 11.9. The van der Waals surface area contributed by atoms with Gasteiger partial charge in [-0.25, -0.2) is 0 Å². The van der Waals surface area contributed by atoms with Crippen LogP contribution in [0.4, 0.5) is 0 Å². The SMILES string of the molecule is CCNCC(C)C(=O)NC(C)c1ccc(Cl)cc1. The molecule has 2 unspecified atom stereocenters. The van der Waals surface area contributed by atoms with Crippen LogP contribution in [0.25, 0.3) is 0 Å². The minimum Gasteiger partial charge on any atom is -0.349 e. The smallest absolute Gasteiger partial charge is 0.224 e. The Hall–Kier alpha value is -1.06. The molecule has 0 saturated heterocycles. The van der Waals surface area contributed by atoms with Gasteiger partial charge in [0.2, 0.25) is 5.91 Å². The number of rotatable bonds is 6. The number of hydrogen-bond donors (Lipinski definition) is 2. The predicted molar refractivity (Wildman–Crippen MR) is 75.7 cm³/mol. The lowest BCUT2D eigenvalue weighted by Gasteiger charge is -2.18. The van der Waals surface area contributed by atoms with Crippen molar-refractivity contribution in [2.75, 3.05) is 13.1 Å². The lowest BCUT2D eigenvalue weighted by atomic mass is 10.1. The van der Waals surface area contributed by atoms with Gasteiger partial charge in [0.1, 0.15) is 0 Å². The molecule has 2 N–H and O–H groups in total. The van der Waals surface area contributed by atoms with Crippen molar-refractivity contribution in [3.8, 4) is 0 Å². The van der Waals surface area contributed by atoms with Crippen molar-refractivity contribution in [1.82, 2.24) is 10.6 Å². The second kappa shape index (κ2) is 7.39. The second-order valence-electron chi connectivity index (χ2n) is 4.49. The number of carbonyl (C=O) groups is 1. The van der Waals surface area contributed by atoms with Crippen molar-refractivity contribution in [2.24, 2.45) is 5.92 Å². The zero-order valence-electron chi connectivity index (χ0n) is 11.2. The summed E-state index contributed by atoms with van der Waals surface area (Å²) in [6.45, 7) is 7.51. The first-order valence-corrected chi connectivity index (χ1v) is 6.69. The average molecular weight is 269 g/mol. The van der Waals surface area contributed by atoms with Crippen molar-refractivity contribution in [3.63, 3.8) is 0 Å². The summed E-state index contributed by atoms with van der Waals surface area (Å²) in [6, 6.07) is 7.53. The lowest BCUT2D eigenvalue weighted by Crippen LogP contribution is -2.36. The zero-order chi connectivity index (χ0) is 13.5. The number of carbonyl (C=O) groups excluding carboxylic acids is 1.